The van der Waals surface area contributed by atoms with Crippen LogP contribution < -0.4 is 10.1 Å². The summed E-state index contributed by atoms with van der Waals surface area (Å²) in [5.74, 6) is -2.65. The van der Waals surface area contributed by atoms with Gasteiger partial charge in [-0.25, -0.2) is 14.5 Å². The number of halogens is 1. The zero-order valence-electron chi connectivity index (χ0n) is 27.8. The minimum Gasteiger partial charge on any atom is -0.477 e. The summed E-state index contributed by atoms with van der Waals surface area (Å²) in [6, 6.07) is 11.1. The van der Waals surface area contributed by atoms with E-state index in [-0.39, 0.29) is 36.2 Å². The van der Waals surface area contributed by atoms with Gasteiger partial charge in [-0.2, -0.15) is 0 Å². The first-order valence-electron chi connectivity index (χ1n) is 16.7. The number of ketones is 1. The standard InChI is InChI=1S/C36H48ClN3O7/c1-4-6-7-8-9-10-11-12-13-17-20-31(35(44)46-5-2)47-30-22-21-28(37)23-29(30)38-34(43)33(26(3)41)40-32(42)25-39(36(40)45)24-27-18-15-14-16-19-27/h14-16,18-19,21-23,31,33H,4-13,17,20,24-25H2,1-3H3,(H,38,43). The largest absolute Gasteiger partial charge is 0.477 e. The normalized spacial score (nSPS) is 14.2. The first-order valence-corrected chi connectivity index (χ1v) is 17.1. The fourth-order valence-corrected chi connectivity index (χ4v) is 5.74. The number of unbranched alkanes of at least 4 members (excludes halogenated alkanes) is 9. The number of urea groups is 1. The highest BCUT2D eigenvalue weighted by molar-refractivity contribution is 6.31. The van der Waals surface area contributed by atoms with Gasteiger partial charge in [0.15, 0.2) is 17.9 Å². The Morgan fingerprint density at radius 1 is 0.894 bits per heavy atom. The number of hydrogen-bond acceptors (Lipinski definition) is 7. The number of ether oxygens (including phenoxy) is 2. The van der Waals surface area contributed by atoms with Crippen molar-refractivity contribution in [3.8, 4) is 5.75 Å². The second-order valence-corrected chi connectivity index (χ2v) is 12.3. The molecule has 1 N–H and O–H groups in total. The van der Waals surface area contributed by atoms with Crippen molar-refractivity contribution in [2.24, 2.45) is 0 Å². The van der Waals surface area contributed by atoms with Crippen LogP contribution >= 0.6 is 11.6 Å². The van der Waals surface area contributed by atoms with Gasteiger partial charge >= 0.3 is 12.0 Å². The summed E-state index contributed by atoms with van der Waals surface area (Å²) in [7, 11) is 0. The van der Waals surface area contributed by atoms with Crippen molar-refractivity contribution in [3.05, 3.63) is 59.1 Å². The highest BCUT2D eigenvalue weighted by atomic mass is 35.5. The minimum absolute atomic E-state index is 0.0892. The fraction of sp³-hybridized carbons (Fsp3) is 0.528. The molecule has 1 heterocycles. The fourth-order valence-electron chi connectivity index (χ4n) is 5.57. The first-order chi connectivity index (χ1) is 22.7. The highest BCUT2D eigenvalue weighted by Crippen LogP contribution is 2.31. The smallest absolute Gasteiger partial charge is 0.347 e. The Morgan fingerprint density at radius 3 is 2.15 bits per heavy atom. The van der Waals surface area contributed by atoms with Crippen molar-refractivity contribution >= 4 is 46.9 Å². The summed E-state index contributed by atoms with van der Waals surface area (Å²) in [6.07, 6.45) is 10.9. The molecular formula is C36H48ClN3O7. The van der Waals surface area contributed by atoms with Crippen molar-refractivity contribution < 1.29 is 33.4 Å². The van der Waals surface area contributed by atoms with E-state index in [9.17, 15) is 24.0 Å². The highest BCUT2D eigenvalue weighted by Gasteiger charge is 2.45. The molecule has 256 valence electrons. The third-order valence-electron chi connectivity index (χ3n) is 8.02. The molecule has 3 rings (SSSR count). The molecule has 1 aliphatic rings. The summed E-state index contributed by atoms with van der Waals surface area (Å²) < 4.78 is 11.4. The van der Waals surface area contributed by atoms with Gasteiger partial charge in [0.25, 0.3) is 11.8 Å². The number of carbonyl (C=O) groups excluding carboxylic acids is 5. The van der Waals surface area contributed by atoms with Crippen LogP contribution in [0.15, 0.2) is 48.5 Å². The molecule has 47 heavy (non-hydrogen) atoms. The molecule has 2 aromatic rings. The number of amides is 4. The van der Waals surface area contributed by atoms with Crippen molar-refractivity contribution in [2.45, 2.75) is 110 Å². The zero-order chi connectivity index (χ0) is 34.2. The summed E-state index contributed by atoms with van der Waals surface area (Å²) in [6.45, 7) is 5.13. The molecule has 10 nitrogen and oxygen atoms in total. The average molecular weight is 670 g/mol. The second kappa shape index (κ2) is 19.7. The van der Waals surface area contributed by atoms with Gasteiger partial charge in [0.05, 0.1) is 12.3 Å². The van der Waals surface area contributed by atoms with Crippen LogP contribution in [0.2, 0.25) is 5.02 Å². The molecule has 2 aromatic carbocycles. The van der Waals surface area contributed by atoms with Gasteiger partial charge in [0.1, 0.15) is 12.3 Å². The van der Waals surface area contributed by atoms with Gasteiger partial charge in [0.2, 0.25) is 0 Å². The Labute approximate surface area is 283 Å². The van der Waals surface area contributed by atoms with Crippen molar-refractivity contribution in [2.75, 3.05) is 18.5 Å². The number of benzene rings is 2. The molecule has 0 saturated carbocycles. The Balaban J connectivity index is 1.67. The van der Waals surface area contributed by atoms with E-state index in [1.54, 1.807) is 13.0 Å². The maximum atomic E-state index is 13.6. The van der Waals surface area contributed by atoms with E-state index < -0.39 is 41.7 Å². The number of anilines is 1. The summed E-state index contributed by atoms with van der Waals surface area (Å²) in [4.78, 5) is 67.4. The molecule has 1 fully saturated rings. The van der Waals surface area contributed by atoms with E-state index in [4.69, 9.17) is 21.1 Å². The predicted molar refractivity (Wildman–Crippen MR) is 181 cm³/mol. The number of nitrogens with one attached hydrogen (secondary N) is 1. The number of esters is 1. The van der Waals surface area contributed by atoms with Gasteiger partial charge in [-0.15, -0.1) is 0 Å². The molecular weight excluding hydrogens is 622 g/mol. The van der Waals surface area contributed by atoms with Gasteiger partial charge in [0, 0.05) is 11.6 Å². The molecule has 1 aliphatic heterocycles. The van der Waals surface area contributed by atoms with Crippen LogP contribution in [0, 0.1) is 0 Å². The molecule has 2 unspecified atom stereocenters. The monoisotopic (exact) mass is 669 g/mol. The average Bonchev–Trinajstić information content (AvgIpc) is 3.30. The molecule has 0 aromatic heterocycles. The van der Waals surface area contributed by atoms with Crippen molar-refractivity contribution in [1.82, 2.24) is 9.80 Å². The third kappa shape index (κ3) is 11.7. The lowest BCUT2D eigenvalue weighted by molar-refractivity contribution is -0.151. The quantitative estimate of drug-likeness (QED) is 0.0639. The van der Waals surface area contributed by atoms with Gasteiger partial charge in [-0.05, 0) is 50.5 Å². The number of nitrogens with zero attached hydrogens (tertiary/aromatic N) is 2. The number of hydrogen-bond donors (Lipinski definition) is 1. The Morgan fingerprint density at radius 2 is 1.53 bits per heavy atom. The molecule has 0 bridgehead atoms. The zero-order valence-corrected chi connectivity index (χ0v) is 28.6. The minimum atomic E-state index is -1.71. The van der Waals surface area contributed by atoms with Crippen LogP contribution in [-0.4, -0.2) is 64.7 Å². The van der Waals surface area contributed by atoms with E-state index >= 15 is 0 Å². The van der Waals surface area contributed by atoms with Crippen LogP contribution in [0.25, 0.3) is 0 Å². The van der Waals surface area contributed by atoms with E-state index in [1.807, 2.05) is 30.3 Å². The Hall–Kier alpha value is -3.92. The van der Waals surface area contributed by atoms with Gasteiger partial charge in [-0.1, -0.05) is 107 Å². The lowest BCUT2D eigenvalue weighted by atomic mass is 10.0. The lowest BCUT2D eigenvalue weighted by Gasteiger charge is -2.25. The van der Waals surface area contributed by atoms with Gasteiger partial charge in [-0.3, -0.25) is 14.4 Å². The van der Waals surface area contributed by atoms with Crippen LogP contribution in [0.5, 0.6) is 5.75 Å². The summed E-state index contributed by atoms with van der Waals surface area (Å²) >= 11 is 6.25. The topological polar surface area (TPSA) is 122 Å². The van der Waals surface area contributed by atoms with E-state index in [0.717, 1.165) is 38.2 Å². The molecule has 4 amide bonds. The van der Waals surface area contributed by atoms with E-state index in [0.29, 0.717) is 11.3 Å². The number of Topliss-reactive ketones (excluding diaryl/α,β-unsaturated/α-hetero) is 1. The van der Waals surface area contributed by atoms with E-state index in [1.165, 1.54) is 55.6 Å². The number of carbonyl (C=O) groups is 5. The van der Waals surface area contributed by atoms with Crippen LogP contribution in [0.4, 0.5) is 10.5 Å². The molecule has 0 radical (unpaired) electrons. The van der Waals surface area contributed by atoms with Crippen LogP contribution in [-0.2, 0) is 30.5 Å². The molecule has 0 spiro atoms. The predicted octanol–water partition coefficient (Wildman–Crippen LogP) is 7.32. The van der Waals surface area contributed by atoms with Crippen molar-refractivity contribution in [1.29, 1.82) is 0 Å². The van der Waals surface area contributed by atoms with Crippen LogP contribution in [0.1, 0.15) is 97.0 Å². The molecule has 1 saturated heterocycles. The molecule has 11 heteroatoms. The van der Waals surface area contributed by atoms with Gasteiger partial charge < -0.3 is 19.7 Å². The maximum Gasteiger partial charge on any atom is 0.347 e. The SMILES string of the molecule is CCCCCCCCCCCCC(Oc1ccc(Cl)cc1NC(=O)C(C(C)=O)N1C(=O)CN(Cc2ccccc2)C1=O)C(=O)OCC. The maximum absolute atomic E-state index is 13.6. The Kier molecular flexibility index (Phi) is 15.7. The number of rotatable bonds is 21. The first kappa shape index (κ1) is 37.5. The summed E-state index contributed by atoms with van der Waals surface area (Å²) in [5, 5.41) is 2.88. The lowest BCUT2D eigenvalue weighted by Crippen LogP contribution is -2.51. The molecule has 2 atom stereocenters. The third-order valence-corrected chi connectivity index (χ3v) is 8.25. The van der Waals surface area contributed by atoms with E-state index in [2.05, 4.69) is 12.2 Å². The van der Waals surface area contributed by atoms with Crippen LogP contribution in [0.3, 0.4) is 0 Å². The molecule has 0 aliphatic carbocycles. The summed E-state index contributed by atoms with van der Waals surface area (Å²) in [5.41, 5.74) is 0.889. The van der Waals surface area contributed by atoms with Crippen molar-refractivity contribution in [3.63, 3.8) is 0 Å². The number of imide groups is 1. The Bertz CT molecular complexity index is 1350. The second-order valence-electron chi connectivity index (χ2n) is 11.9.